The second kappa shape index (κ2) is 8.63. The Morgan fingerprint density at radius 2 is 2.00 bits per heavy atom. The van der Waals surface area contributed by atoms with E-state index in [0.29, 0.717) is 28.2 Å². The molecular formula is C21H23F2N7O. The summed E-state index contributed by atoms with van der Waals surface area (Å²) in [5.74, 6) is -0.117. The number of fused-ring (bicyclic) bond motifs is 1. The molecular weight excluding hydrogens is 404 g/mol. The van der Waals surface area contributed by atoms with E-state index in [1.54, 1.807) is 16.7 Å². The number of aromatic nitrogens is 4. The number of hydrogen-bond acceptors (Lipinski definition) is 6. The van der Waals surface area contributed by atoms with Gasteiger partial charge in [-0.3, -0.25) is 9.36 Å². The van der Waals surface area contributed by atoms with Crippen LogP contribution in [0.4, 0.5) is 14.5 Å². The van der Waals surface area contributed by atoms with Crippen LogP contribution in [0.3, 0.4) is 0 Å². The minimum absolute atomic E-state index is 0.00339. The maximum absolute atomic E-state index is 13.9. The summed E-state index contributed by atoms with van der Waals surface area (Å²) >= 11 is 0. The molecule has 0 aliphatic heterocycles. The summed E-state index contributed by atoms with van der Waals surface area (Å²) in [6.45, 7) is 5.59. The van der Waals surface area contributed by atoms with Gasteiger partial charge in [-0.2, -0.15) is 5.26 Å². The first-order chi connectivity index (χ1) is 14.6. The number of alkyl halides is 2. The van der Waals surface area contributed by atoms with Gasteiger partial charge in [0.25, 0.3) is 5.91 Å². The maximum Gasteiger partial charge on any atom is 0.255 e. The van der Waals surface area contributed by atoms with Gasteiger partial charge in [0.15, 0.2) is 11.8 Å². The maximum atomic E-state index is 13.9. The summed E-state index contributed by atoms with van der Waals surface area (Å²) < 4.78 is 29.2. The molecule has 3 aromatic heterocycles. The van der Waals surface area contributed by atoms with Crippen molar-refractivity contribution in [3.63, 3.8) is 0 Å². The second-order valence-electron chi connectivity index (χ2n) is 7.92. The van der Waals surface area contributed by atoms with E-state index < -0.39 is 24.3 Å². The molecule has 0 aromatic carbocycles. The number of nitrogens with zero attached hydrogens (tertiary/aromatic N) is 5. The lowest BCUT2D eigenvalue weighted by Crippen LogP contribution is -2.39. The van der Waals surface area contributed by atoms with Crippen molar-refractivity contribution < 1.29 is 13.6 Å². The summed E-state index contributed by atoms with van der Waals surface area (Å²) in [5, 5.41) is 14.6. The third kappa shape index (κ3) is 4.94. The molecule has 162 valence electrons. The van der Waals surface area contributed by atoms with Gasteiger partial charge in [-0.1, -0.05) is 0 Å². The highest BCUT2D eigenvalue weighted by Gasteiger charge is 2.29. The van der Waals surface area contributed by atoms with Crippen LogP contribution in [0.2, 0.25) is 0 Å². The van der Waals surface area contributed by atoms with Gasteiger partial charge < -0.3 is 10.6 Å². The number of carbonyl (C=O) groups excluding carboxylic acids is 1. The van der Waals surface area contributed by atoms with Gasteiger partial charge in [-0.25, -0.2) is 23.7 Å². The Bertz CT molecular complexity index is 1140. The van der Waals surface area contributed by atoms with Crippen molar-refractivity contribution in [2.75, 3.05) is 11.9 Å². The van der Waals surface area contributed by atoms with Crippen molar-refractivity contribution in [2.24, 2.45) is 0 Å². The van der Waals surface area contributed by atoms with Gasteiger partial charge in [-0.15, -0.1) is 0 Å². The van der Waals surface area contributed by atoms with Crippen molar-refractivity contribution in [1.82, 2.24) is 24.8 Å². The Morgan fingerprint density at radius 3 is 2.65 bits per heavy atom. The molecule has 0 radical (unpaired) electrons. The van der Waals surface area contributed by atoms with Gasteiger partial charge in [0.05, 0.1) is 23.4 Å². The van der Waals surface area contributed by atoms with Crippen LogP contribution >= 0.6 is 0 Å². The third-order valence-corrected chi connectivity index (χ3v) is 4.53. The van der Waals surface area contributed by atoms with E-state index in [0.717, 1.165) is 13.8 Å². The zero-order chi connectivity index (χ0) is 22.8. The van der Waals surface area contributed by atoms with Crippen molar-refractivity contribution in [3.05, 3.63) is 42.0 Å². The molecule has 3 aromatic rings. The minimum atomic E-state index is -2.06. The molecule has 0 aliphatic carbocycles. The SMILES string of the molecule is CC(C)Nc1cc(-n2cnc3cc(C#N)cnc32)ncc1C(=O)NCC(F)C(C)(C)F. The monoisotopic (exact) mass is 427 g/mol. The molecule has 0 bridgehead atoms. The van der Waals surface area contributed by atoms with Crippen LogP contribution < -0.4 is 10.6 Å². The van der Waals surface area contributed by atoms with Crippen LogP contribution in [-0.4, -0.2) is 49.9 Å². The minimum Gasteiger partial charge on any atom is -0.382 e. The summed E-state index contributed by atoms with van der Waals surface area (Å²) in [7, 11) is 0. The number of rotatable bonds is 7. The van der Waals surface area contributed by atoms with Crippen LogP contribution in [0.1, 0.15) is 43.6 Å². The molecule has 0 aliphatic rings. The van der Waals surface area contributed by atoms with E-state index in [9.17, 15) is 13.6 Å². The third-order valence-electron chi connectivity index (χ3n) is 4.53. The van der Waals surface area contributed by atoms with Crippen LogP contribution in [0.5, 0.6) is 0 Å². The topological polar surface area (TPSA) is 109 Å². The Hall–Kier alpha value is -3.61. The lowest BCUT2D eigenvalue weighted by Gasteiger charge is -2.20. The van der Waals surface area contributed by atoms with Crippen LogP contribution in [0, 0.1) is 11.3 Å². The lowest BCUT2D eigenvalue weighted by molar-refractivity contribution is 0.0759. The molecule has 0 fully saturated rings. The van der Waals surface area contributed by atoms with Crippen molar-refractivity contribution >= 4 is 22.8 Å². The fourth-order valence-electron chi connectivity index (χ4n) is 2.84. The highest BCUT2D eigenvalue weighted by Crippen LogP contribution is 2.23. The van der Waals surface area contributed by atoms with Crippen molar-refractivity contribution in [1.29, 1.82) is 5.26 Å². The first-order valence-electron chi connectivity index (χ1n) is 9.71. The van der Waals surface area contributed by atoms with Gasteiger partial charge in [0.2, 0.25) is 0 Å². The highest BCUT2D eigenvalue weighted by atomic mass is 19.2. The van der Waals surface area contributed by atoms with Gasteiger partial charge in [-0.05, 0) is 33.8 Å². The average Bonchev–Trinajstić information content (AvgIpc) is 3.13. The van der Waals surface area contributed by atoms with Crippen molar-refractivity contribution in [3.8, 4) is 11.9 Å². The molecule has 3 heterocycles. The smallest absolute Gasteiger partial charge is 0.255 e. The Morgan fingerprint density at radius 1 is 1.26 bits per heavy atom. The number of imidazole rings is 1. The molecule has 8 nitrogen and oxygen atoms in total. The molecule has 1 unspecified atom stereocenters. The predicted octanol–water partition coefficient (Wildman–Crippen LogP) is 3.32. The molecule has 0 saturated carbocycles. The molecule has 3 rings (SSSR count). The van der Waals surface area contributed by atoms with Gasteiger partial charge in [0, 0.05) is 24.5 Å². The summed E-state index contributed by atoms with van der Waals surface area (Å²) in [6.07, 6.45) is 2.48. The number of nitrogens with one attached hydrogen (secondary N) is 2. The van der Waals surface area contributed by atoms with Crippen LogP contribution in [0.25, 0.3) is 17.0 Å². The van der Waals surface area contributed by atoms with E-state index >= 15 is 0 Å². The summed E-state index contributed by atoms with van der Waals surface area (Å²) in [6, 6.07) is 5.29. The number of pyridine rings is 2. The quantitative estimate of drug-likeness (QED) is 0.599. The summed E-state index contributed by atoms with van der Waals surface area (Å²) in [4.78, 5) is 25.5. The van der Waals surface area contributed by atoms with Crippen molar-refractivity contribution in [2.45, 2.75) is 45.6 Å². The lowest BCUT2D eigenvalue weighted by atomic mass is 10.1. The zero-order valence-corrected chi connectivity index (χ0v) is 17.6. The first-order valence-corrected chi connectivity index (χ1v) is 9.71. The van der Waals surface area contributed by atoms with E-state index in [-0.39, 0.29) is 11.6 Å². The fraction of sp³-hybridized carbons (Fsp3) is 0.381. The molecule has 1 atom stereocenters. The normalized spacial score (nSPS) is 12.6. The van der Waals surface area contributed by atoms with Crippen LogP contribution in [-0.2, 0) is 0 Å². The molecule has 0 spiro atoms. The number of carbonyl (C=O) groups is 1. The molecule has 31 heavy (non-hydrogen) atoms. The fourth-order valence-corrected chi connectivity index (χ4v) is 2.84. The summed E-state index contributed by atoms with van der Waals surface area (Å²) in [5.41, 5.74) is 0.0411. The van der Waals surface area contributed by atoms with E-state index in [1.165, 1.54) is 18.7 Å². The van der Waals surface area contributed by atoms with E-state index in [2.05, 4.69) is 25.6 Å². The molecule has 0 saturated heterocycles. The Labute approximate surface area is 178 Å². The zero-order valence-electron chi connectivity index (χ0n) is 17.6. The standard InChI is InChI=1S/C21H23F2N7O/c1-12(2)29-15-6-18(30-11-28-16-5-13(7-24)8-26-19(16)30)25-9-14(15)20(31)27-10-17(22)21(3,4)23/h5-6,8-9,11-12,17H,10H2,1-4H3,(H,25,29)(H,27,31). The van der Waals surface area contributed by atoms with Gasteiger partial charge in [0.1, 0.15) is 29.4 Å². The average molecular weight is 427 g/mol. The number of amides is 1. The molecule has 1 amide bonds. The Balaban J connectivity index is 1.93. The molecule has 10 heteroatoms. The largest absolute Gasteiger partial charge is 0.382 e. The number of halogens is 2. The predicted molar refractivity (Wildman–Crippen MR) is 113 cm³/mol. The second-order valence-corrected chi connectivity index (χ2v) is 7.92. The van der Waals surface area contributed by atoms with E-state index in [4.69, 9.17) is 5.26 Å². The van der Waals surface area contributed by atoms with Gasteiger partial charge >= 0.3 is 0 Å². The highest BCUT2D eigenvalue weighted by molar-refractivity contribution is 5.99. The number of hydrogen-bond donors (Lipinski definition) is 2. The first kappa shape index (κ1) is 22.1. The number of anilines is 1. The Kier molecular flexibility index (Phi) is 6.15. The van der Waals surface area contributed by atoms with Crippen LogP contribution in [0.15, 0.2) is 30.9 Å². The van der Waals surface area contributed by atoms with E-state index in [1.807, 2.05) is 19.9 Å². The molecule has 2 N–H and O–H groups in total. The number of nitriles is 1.